The summed E-state index contributed by atoms with van der Waals surface area (Å²) < 4.78 is 16.2. The number of hydrogen-bond donors (Lipinski definition) is 1. The lowest BCUT2D eigenvalue weighted by atomic mass is 9.88. The van der Waals surface area contributed by atoms with Gasteiger partial charge in [0.25, 0.3) is 5.91 Å². The van der Waals surface area contributed by atoms with E-state index in [9.17, 15) is 9.59 Å². The van der Waals surface area contributed by atoms with E-state index in [1.165, 1.54) is 5.56 Å². The van der Waals surface area contributed by atoms with Crippen LogP contribution in [0.5, 0.6) is 11.5 Å². The van der Waals surface area contributed by atoms with E-state index in [4.69, 9.17) is 14.2 Å². The highest BCUT2D eigenvalue weighted by Crippen LogP contribution is 2.29. The molecule has 0 aromatic heterocycles. The van der Waals surface area contributed by atoms with Crippen LogP contribution in [0.15, 0.2) is 78.9 Å². The van der Waals surface area contributed by atoms with Crippen molar-refractivity contribution in [2.75, 3.05) is 13.2 Å². The topological polar surface area (TPSA) is 73.9 Å². The van der Waals surface area contributed by atoms with Crippen LogP contribution in [0.4, 0.5) is 0 Å². The van der Waals surface area contributed by atoms with E-state index in [-0.39, 0.29) is 25.2 Å². The number of hydrogen-bond acceptors (Lipinski definition) is 5. The molecule has 0 spiro atoms. The lowest BCUT2D eigenvalue weighted by Gasteiger charge is -2.26. The zero-order valence-corrected chi connectivity index (χ0v) is 18.4. The van der Waals surface area contributed by atoms with Crippen molar-refractivity contribution in [3.8, 4) is 11.5 Å². The fraction of sp³-hybridized carbons (Fsp3) is 0.259. The average molecular weight is 446 g/mol. The van der Waals surface area contributed by atoms with Gasteiger partial charge in [-0.15, -0.1) is 0 Å². The molecule has 1 aliphatic carbocycles. The molecule has 0 bridgehead atoms. The number of aryl methyl sites for hydroxylation is 1. The molecule has 3 aromatic carbocycles. The van der Waals surface area contributed by atoms with Crippen molar-refractivity contribution >= 4 is 11.9 Å². The van der Waals surface area contributed by atoms with Crippen molar-refractivity contribution in [1.29, 1.82) is 0 Å². The molecule has 0 saturated heterocycles. The molecule has 6 nitrogen and oxygen atoms in total. The minimum atomic E-state index is -0.599. The molecule has 1 N–H and O–H groups in total. The van der Waals surface area contributed by atoms with Crippen molar-refractivity contribution in [2.24, 2.45) is 0 Å². The normalized spacial score (nSPS) is 14.6. The predicted molar refractivity (Wildman–Crippen MR) is 124 cm³/mol. The molecule has 0 radical (unpaired) electrons. The van der Waals surface area contributed by atoms with Crippen LogP contribution in [0.3, 0.4) is 0 Å². The highest BCUT2D eigenvalue weighted by Gasteiger charge is 2.21. The Morgan fingerprint density at radius 1 is 0.818 bits per heavy atom. The van der Waals surface area contributed by atoms with Gasteiger partial charge in [-0.1, -0.05) is 54.6 Å². The standard InChI is InChI=1S/C27H27NO5/c29-26(28-25-12-6-10-21-9-4-5-11-24(21)25)18-33-27(30)19-32-23-15-13-22(14-16-23)31-17-20-7-2-1-3-8-20/h1-5,7-9,11,13-16,25H,6,10,12,17-19H2,(H,28,29). The molecule has 6 heteroatoms. The molecule has 0 saturated carbocycles. The van der Waals surface area contributed by atoms with E-state index < -0.39 is 5.97 Å². The fourth-order valence-electron chi connectivity index (χ4n) is 3.84. The van der Waals surface area contributed by atoms with Crippen molar-refractivity contribution in [3.63, 3.8) is 0 Å². The molecule has 0 fully saturated rings. The summed E-state index contributed by atoms with van der Waals surface area (Å²) in [5.74, 6) is 0.306. The average Bonchev–Trinajstić information content (AvgIpc) is 2.86. The lowest BCUT2D eigenvalue weighted by Crippen LogP contribution is -2.34. The van der Waals surface area contributed by atoms with Crippen LogP contribution >= 0.6 is 0 Å². The summed E-state index contributed by atoms with van der Waals surface area (Å²) in [4.78, 5) is 24.2. The zero-order valence-electron chi connectivity index (χ0n) is 18.4. The van der Waals surface area contributed by atoms with E-state index >= 15 is 0 Å². The Labute approximate surface area is 193 Å². The van der Waals surface area contributed by atoms with Crippen LogP contribution in [0, 0.1) is 0 Å². The van der Waals surface area contributed by atoms with Crippen molar-refractivity contribution < 1.29 is 23.8 Å². The number of amides is 1. The summed E-state index contributed by atoms with van der Waals surface area (Å²) in [6.45, 7) is -0.126. The Bertz CT molecular complexity index is 1070. The first-order valence-electron chi connectivity index (χ1n) is 11.1. The third kappa shape index (κ3) is 6.59. The predicted octanol–water partition coefficient (Wildman–Crippen LogP) is 4.38. The summed E-state index contributed by atoms with van der Waals surface area (Å²) in [6, 6.07) is 25.0. The molecule has 4 rings (SSSR count). The van der Waals surface area contributed by atoms with E-state index in [2.05, 4.69) is 11.4 Å². The molecule has 1 atom stereocenters. The molecule has 0 aliphatic heterocycles. The first kappa shape index (κ1) is 22.4. The van der Waals surface area contributed by atoms with Crippen molar-refractivity contribution in [1.82, 2.24) is 5.32 Å². The van der Waals surface area contributed by atoms with Gasteiger partial charge in [-0.05, 0) is 60.2 Å². The minimum absolute atomic E-state index is 0.0416. The van der Waals surface area contributed by atoms with Crippen LogP contribution in [0.25, 0.3) is 0 Å². The Kier molecular flexibility index (Phi) is 7.59. The number of benzene rings is 3. The van der Waals surface area contributed by atoms with Gasteiger partial charge in [-0.25, -0.2) is 4.79 Å². The second kappa shape index (κ2) is 11.2. The van der Waals surface area contributed by atoms with Gasteiger partial charge in [-0.2, -0.15) is 0 Å². The van der Waals surface area contributed by atoms with Crippen LogP contribution in [0.1, 0.15) is 35.6 Å². The first-order chi connectivity index (χ1) is 16.2. The molecular weight excluding hydrogens is 418 g/mol. The first-order valence-corrected chi connectivity index (χ1v) is 11.1. The van der Waals surface area contributed by atoms with E-state index in [0.29, 0.717) is 18.1 Å². The molecule has 0 heterocycles. The van der Waals surface area contributed by atoms with Gasteiger partial charge in [0.1, 0.15) is 18.1 Å². The Hall–Kier alpha value is -3.80. The summed E-state index contributed by atoms with van der Waals surface area (Å²) in [5, 5.41) is 2.96. The van der Waals surface area contributed by atoms with Gasteiger partial charge in [0.05, 0.1) is 6.04 Å². The Balaban J connectivity index is 1.16. The Morgan fingerprint density at radius 3 is 2.30 bits per heavy atom. The van der Waals surface area contributed by atoms with Gasteiger partial charge in [0, 0.05) is 0 Å². The fourth-order valence-corrected chi connectivity index (χ4v) is 3.84. The van der Waals surface area contributed by atoms with Crippen LogP contribution in [-0.2, 0) is 27.4 Å². The number of carbonyl (C=O) groups excluding carboxylic acids is 2. The van der Waals surface area contributed by atoms with Gasteiger partial charge < -0.3 is 19.5 Å². The SMILES string of the molecule is O=C(COC(=O)COc1ccc(OCc2ccccc2)cc1)NC1CCCc2ccccc21. The van der Waals surface area contributed by atoms with Crippen LogP contribution in [-0.4, -0.2) is 25.1 Å². The minimum Gasteiger partial charge on any atom is -0.489 e. The largest absolute Gasteiger partial charge is 0.489 e. The molecule has 1 aliphatic rings. The van der Waals surface area contributed by atoms with Crippen molar-refractivity contribution in [2.45, 2.75) is 31.9 Å². The third-order valence-electron chi connectivity index (χ3n) is 5.50. The quantitative estimate of drug-likeness (QED) is 0.495. The van der Waals surface area contributed by atoms with Gasteiger partial charge in [-0.3, -0.25) is 4.79 Å². The van der Waals surface area contributed by atoms with Crippen LogP contribution < -0.4 is 14.8 Å². The summed E-state index contributed by atoms with van der Waals surface area (Å²) >= 11 is 0. The third-order valence-corrected chi connectivity index (χ3v) is 5.50. The smallest absolute Gasteiger partial charge is 0.344 e. The van der Waals surface area contributed by atoms with E-state index in [0.717, 1.165) is 30.4 Å². The Morgan fingerprint density at radius 2 is 1.52 bits per heavy atom. The highest BCUT2D eigenvalue weighted by atomic mass is 16.6. The van der Waals surface area contributed by atoms with Crippen molar-refractivity contribution in [3.05, 3.63) is 95.6 Å². The summed E-state index contributed by atoms with van der Waals surface area (Å²) in [7, 11) is 0. The molecule has 170 valence electrons. The maximum absolute atomic E-state index is 12.3. The van der Waals surface area contributed by atoms with E-state index in [1.54, 1.807) is 24.3 Å². The molecule has 1 unspecified atom stereocenters. The number of carbonyl (C=O) groups is 2. The second-order valence-corrected chi connectivity index (χ2v) is 7.91. The van der Waals surface area contributed by atoms with E-state index in [1.807, 2.05) is 48.5 Å². The molecule has 3 aromatic rings. The number of esters is 1. The number of ether oxygens (including phenoxy) is 3. The maximum atomic E-state index is 12.3. The summed E-state index contributed by atoms with van der Waals surface area (Å²) in [6.07, 6.45) is 2.92. The van der Waals surface area contributed by atoms with Gasteiger partial charge >= 0.3 is 5.97 Å². The number of nitrogens with one attached hydrogen (secondary N) is 1. The molecule has 33 heavy (non-hydrogen) atoms. The van der Waals surface area contributed by atoms with Gasteiger partial charge in [0.15, 0.2) is 13.2 Å². The number of rotatable bonds is 9. The highest BCUT2D eigenvalue weighted by molar-refractivity contribution is 5.81. The lowest BCUT2D eigenvalue weighted by molar-refractivity contribution is -0.150. The van der Waals surface area contributed by atoms with Crippen LogP contribution in [0.2, 0.25) is 0 Å². The monoisotopic (exact) mass is 445 g/mol. The second-order valence-electron chi connectivity index (χ2n) is 7.91. The number of fused-ring (bicyclic) bond motifs is 1. The maximum Gasteiger partial charge on any atom is 0.344 e. The molecule has 1 amide bonds. The zero-order chi connectivity index (χ0) is 22.9. The van der Waals surface area contributed by atoms with Gasteiger partial charge in [0.2, 0.25) is 0 Å². The summed E-state index contributed by atoms with van der Waals surface area (Å²) in [5.41, 5.74) is 3.48. The molecular formula is C27H27NO5.